The molecule has 3 aromatic heterocycles. The third kappa shape index (κ3) is 3.40. The van der Waals surface area contributed by atoms with Crippen LogP contribution in [0.4, 0.5) is 5.82 Å². The minimum absolute atomic E-state index is 0.376. The molecule has 0 bridgehead atoms. The fraction of sp³-hybridized carbons (Fsp3) is 0.143. The summed E-state index contributed by atoms with van der Waals surface area (Å²) >= 11 is 6.79. The van der Waals surface area contributed by atoms with E-state index >= 15 is 0 Å². The van der Waals surface area contributed by atoms with Gasteiger partial charge in [-0.15, -0.1) is 0 Å². The van der Waals surface area contributed by atoms with Gasteiger partial charge < -0.3 is 20.6 Å². The highest BCUT2D eigenvalue weighted by atomic mass is 35.5. The molecule has 8 heteroatoms. The predicted molar refractivity (Wildman–Crippen MR) is 117 cm³/mol. The van der Waals surface area contributed by atoms with Crippen LogP contribution < -0.4 is 11.5 Å². The first kappa shape index (κ1) is 18.9. The molecule has 0 saturated heterocycles. The van der Waals surface area contributed by atoms with Crippen molar-refractivity contribution in [1.29, 1.82) is 0 Å². The maximum Gasteiger partial charge on any atom is 0.131 e. The minimum Gasteiger partial charge on any atom is -0.397 e. The SMILES string of the molecule is Cn1cncc1Cn1nc(-c2cccn2C)c(/C(Cl)=C(\N)c2ccccc2)c1N. The van der Waals surface area contributed by atoms with Crippen molar-refractivity contribution in [3.05, 3.63) is 78.0 Å². The zero-order valence-electron chi connectivity index (χ0n) is 16.2. The van der Waals surface area contributed by atoms with E-state index in [1.54, 1.807) is 17.2 Å². The second kappa shape index (κ2) is 7.52. The van der Waals surface area contributed by atoms with Gasteiger partial charge in [-0.1, -0.05) is 41.9 Å². The van der Waals surface area contributed by atoms with Crippen LogP contribution in [-0.2, 0) is 20.6 Å². The van der Waals surface area contributed by atoms with Crippen molar-refractivity contribution in [2.45, 2.75) is 6.54 Å². The average molecular weight is 408 g/mol. The van der Waals surface area contributed by atoms with Crippen molar-refractivity contribution in [2.24, 2.45) is 19.8 Å². The second-order valence-electron chi connectivity index (χ2n) is 6.86. The Bertz CT molecular complexity index is 1180. The van der Waals surface area contributed by atoms with Gasteiger partial charge in [0.25, 0.3) is 0 Å². The predicted octanol–water partition coefficient (Wildman–Crippen LogP) is 3.28. The van der Waals surface area contributed by atoms with Crippen LogP contribution in [0, 0.1) is 0 Å². The summed E-state index contributed by atoms with van der Waals surface area (Å²) in [4.78, 5) is 4.17. The van der Waals surface area contributed by atoms with Crippen LogP contribution in [0.25, 0.3) is 22.1 Å². The first-order valence-corrected chi connectivity index (χ1v) is 9.49. The van der Waals surface area contributed by atoms with Crippen molar-refractivity contribution in [2.75, 3.05) is 5.73 Å². The number of rotatable bonds is 5. The lowest BCUT2D eigenvalue weighted by Crippen LogP contribution is -2.09. The molecule has 0 aliphatic carbocycles. The Morgan fingerprint density at radius 2 is 1.83 bits per heavy atom. The maximum atomic E-state index is 6.79. The summed E-state index contributed by atoms with van der Waals surface area (Å²) in [5, 5.41) is 5.16. The van der Waals surface area contributed by atoms with E-state index in [0.29, 0.717) is 34.3 Å². The summed E-state index contributed by atoms with van der Waals surface area (Å²) < 4.78 is 5.64. The molecule has 4 rings (SSSR count). The van der Waals surface area contributed by atoms with Gasteiger partial charge in [0.15, 0.2) is 0 Å². The lowest BCUT2D eigenvalue weighted by Gasteiger charge is -2.09. The molecule has 0 amide bonds. The van der Waals surface area contributed by atoms with E-state index in [-0.39, 0.29) is 0 Å². The molecule has 0 aliphatic rings. The molecule has 0 atom stereocenters. The van der Waals surface area contributed by atoms with Gasteiger partial charge in [0, 0.05) is 20.3 Å². The van der Waals surface area contributed by atoms with E-state index in [9.17, 15) is 0 Å². The van der Waals surface area contributed by atoms with Crippen molar-refractivity contribution < 1.29 is 0 Å². The summed E-state index contributed by atoms with van der Waals surface area (Å²) in [6, 6.07) is 13.5. The van der Waals surface area contributed by atoms with Crippen LogP contribution >= 0.6 is 11.6 Å². The Hall–Kier alpha value is -3.45. The normalized spacial score (nSPS) is 12.2. The molecule has 29 heavy (non-hydrogen) atoms. The van der Waals surface area contributed by atoms with Gasteiger partial charge >= 0.3 is 0 Å². The summed E-state index contributed by atoms with van der Waals surface area (Å²) in [6.45, 7) is 0.467. The van der Waals surface area contributed by atoms with Crippen LogP contribution in [0.5, 0.6) is 0 Å². The third-order valence-corrected chi connectivity index (χ3v) is 5.34. The van der Waals surface area contributed by atoms with E-state index in [1.165, 1.54) is 0 Å². The largest absolute Gasteiger partial charge is 0.397 e. The van der Waals surface area contributed by atoms with Gasteiger partial charge in [0.1, 0.15) is 11.5 Å². The van der Waals surface area contributed by atoms with Crippen LogP contribution in [0.15, 0.2) is 61.2 Å². The second-order valence-corrected chi connectivity index (χ2v) is 7.24. The molecular formula is C21H22ClN7. The Morgan fingerprint density at radius 3 is 2.45 bits per heavy atom. The van der Waals surface area contributed by atoms with Crippen molar-refractivity contribution in [3.8, 4) is 11.4 Å². The number of nitrogens with two attached hydrogens (primary N) is 2. The average Bonchev–Trinajstić information content (AvgIpc) is 3.42. The van der Waals surface area contributed by atoms with Crippen LogP contribution in [0.2, 0.25) is 0 Å². The van der Waals surface area contributed by atoms with E-state index in [4.69, 9.17) is 28.2 Å². The maximum absolute atomic E-state index is 6.79. The van der Waals surface area contributed by atoms with E-state index in [0.717, 1.165) is 17.0 Å². The molecule has 4 N–H and O–H groups in total. The van der Waals surface area contributed by atoms with Crippen molar-refractivity contribution in [3.63, 3.8) is 0 Å². The molecule has 7 nitrogen and oxygen atoms in total. The number of aromatic nitrogens is 5. The van der Waals surface area contributed by atoms with E-state index < -0.39 is 0 Å². The number of hydrogen-bond donors (Lipinski definition) is 2. The Kier molecular flexibility index (Phi) is 4.90. The molecule has 0 saturated carbocycles. The summed E-state index contributed by atoms with van der Waals surface area (Å²) in [5.41, 5.74) is 17.4. The van der Waals surface area contributed by atoms with Crippen molar-refractivity contribution >= 4 is 28.1 Å². The fourth-order valence-electron chi connectivity index (χ4n) is 3.27. The molecule has 3 heterocycles. The molecule has 4 aromatic rings. The lowest BCUT2D eigenvalue weighted by atomic mass is 10.1. The first-order valence-electron chi connectivity index (χ1n) is 9.11. The number of hydrogen-bond acceptors (Lipinski definition) is 4. The topological polar surface area (TPSA) is 92.6 Å². The van der Waals surface area contributed by atoms with Gasteiger partial charge in [-0.25, -0.2) is 9.67 Å². The van der Waals surface area contributed by atoms with Crippen LogP contribution in [0.3, 0.4) is 0 Å². The molecule has 148 valence electrons. The number of nitrogens with zero attached hydrogens (tertiary/aromatic N) is 5. The fourth-order valence-corrected chi connectivity index (χ4v) is 3.56. The molecular weight excluding hydrogens is 386 g/mol. The molecule has 1 aromatic carbocycles. The zero-order chi connectivity index (χ0) is 20.5. The number of imidazole rings is 1. The van der Waals surface area contributed by atoms with Gasteiger partial charge in [-0.3, -0.25) is 0 Å². The van der Waals surface area contributed by atoms with Gasteiger partial charge in [0.2, 0.25) is 0 Å². The standard InChI is InChI=1S/C21H22ClN7/c1-27-10-6-9-16(27)20-17(18(22)19(23)14-7-4-3-5-8-14)21(24)29(26-20)12-15-11-25-13-28(15)2/h3-11,13H,12,23-24H2,1-2H3/b19-18+. The number of anilines is 1. The molecule has 0 spiro atoms. The molecule has 0 radical (unpaired) electrons. The molecule has 0 aliphatic heterocycles. The van der Waals surface area contributed by atoms with E-state index in [1.807, 2.05) is 71.9 Å². The van der Waals surface area contributed by atoms with Gasteiger partial charge in [-0.2, -0.15) is 5.10 Å². The Labute approximate surface area is 173 Å². The highest BCUT2D eigenvalue weighted by Crippen LogP contribution is 2.38. The van der Waals surface area contributed by atoms with Crippen LogP contribution in [-0.4, -0.2) is 23.9 Å². The number of nitrogen functional groups attached to an aromatic ring is 1. The number of halogens is 1. The Morgan fingerprint density at radius 1 is 1.07 bits per heavy atom. The quantitative estimate of drug-likeness (QED) is 0.531. The van der Waals surface area contributed by atoms with Gasteiger partial charge in [0.05, 0.1) is 46.7 Å². The van der Waals surface area contributed by atoms with Crippen molar-refractivity contribution in [1.82, 2.24) is 23.9 Å². The Balaban J connectivity index is 1.90. The highest BCUT2D eigenvalue weighted by Gasteiger charge is 2.23. The monoisotopic (exact) mass is 407 g/mol. The highest BCUT2D eigenvalue weighted by molar-refractivity contribution is 6.53. The van der Waals surface area contributed by atoms with Crippen LogP contribution in [0.1, 0.15) is 16.8 Å². The summed E-state index contributed by atoms with van der Waals surface area (Å²) in [6.07, 6.45) is 5.49. The van der Waals surface area contributed by atoms with Gasteiger partial charge in [-0.05, 0) is 17.7 Å². The smallest absolute Gasteiger partial charge is 0.131 e. The zero-order valence-corrected chi connectivity index (χ0v) is 17.0. The van der Waals surface area contributed by atoms with E-state index in [2.05, 4.69) is 4.98 Å². The lowest BCUT2D eigenvalue weighted by molar-refractivity contribution is 0.657. The molecule has 0 fully saturated rings. The minimum atomic E-state index is 0.376. The summed E-state index contributed by atoms with van der Waals surface area (Å²) in [5.74, 6) is 0.450. The first-order chi connectivity index (χ1) is 14.0. The number of benzene rings is 1. The summed E-state index contributed by atoms with van der Waals surface area (Å²) in [7, 11) is 3.88. The third-order valence-electron chi connectivity index (χ3n) is 4.95. The number of aryl methyl sites for hydroxylation is 2. The molecule has 0 unspecified atom stereocenters.